The van der Waals surface area contributed by atoms with E-state index in [9.17, 15) is 22.8 Å². The zero-order chi connectivity index (χ0) is 16.3. The summed E-state index contributed by atoms with van der Waals surface area (Å²) >= 11 is 1.07. The number of nitrogens with zero attached hydrogens (tertiary/aromatic N) is 1. The first-order valence-corrected chi connectivity index (χ1v) is 6.76. The summed E-state index contributed by atoms with van der Waals surface area (Å²) in [6.07, 6.45) is -4.78. The molecule has 1 aromatic carbocycles. The molecule has 0 spiro atoms. The second-order valence-electron chi connectivity index (χ2n) is 4.12. The van der Waals surface area contributed by atoms with Crippen molar-refractivity contribution in [3.05, 3.63) is 40.9 Å². The molecule has 1 aromatic heterocycles. The number of anilines is 1. The number of hydrogen-bond acceptors (Lipinski definition) is 5. The van der Waals surface area contributed by atoms with E-state index in [0.29, 0.717) is 0 Å². The number of ether oxygens (including phenoxy) is 1. The quantitative estimate of drug-likeness (QED) is 0.871. The zero-order valence-electron chi connectivity index (χ0n) is 11.1. The van der Waals surface area contributed by atoms with Crippen LogP contribution in [-0.4, -0.2) is 23.0 Å². The predicted molar refractivity (Wildman–Crippen MR) is 73.2 cm³/mol. The molecule has 2 aromatic rings. The summed E-state index contributed by atoms with van der Waals surface area (Å²) in [7, 11) is 0. The Morgan fingerprint density at radius 2 is 1.86 bits per heavy atom. The highest BCUT2D eigenvalue weighted by atomic mass is 32.1. The van der Waals surface area contributed by atoms with Crippen LogP contribution in [0.5, 0.6) is 5.75 Å². The lowest BCUT2D eigenvalue weighted by Crippen LogP contribution is -2.17. The molecule has 0 aliphatic heterocycles. The van der Waals surface area contributed by atoms with Crippen molar-refractivity contribution in [2.75, 3.05) is 5.32 Å². The summed E-state index contributed by atoms with van der Waals surface area (Å²) in [5.74, 6) is -1.20. The van der Waals surface area contributed by atoms with E-state index >= 15 is 0 Å². The molecule has 1 N–H and O–H groups in total. The van der Waals surface area contributed by atoms with Gasteiger partial charge >= 0.3 is 6.36 Å². The first-order valence-electron chi connectivity index (χ1n) is 5.88. The molecule has 2 rings (SSSR count). The van der Waals surface area contributed by atoms with Gasteiger partial charge in [0.25, 0.3) is 5.91 Å². The highest BCUT2D eigenvalue weighted by Gasteiger charge is 2.31. The lowest BCUT2D eigenvalue weighted by Gasteiger charge is -2.09. The van der Waals surface area contributed by atoms with Crippen LogP contribution in [0.1, 0.15) is 27.8 Å². The highest BCUT2D eigenvalue weighted by Crippen LogP contribution is 2.23. The predicted octanol–water partition coefficient (Wildman–Crippen LogP) is 3.50. The van der Waals surface area contributed by atoms with Gasteiger partial charge in [-0.05, 0) is 24.3 Å². The molecule has 0 saturated carbocycles. The van der Waals surface area contributed by atoms with Crippen LogP contribution in [0.4, 0.5) is 18.3 Å². The molecule has 5 nitrogen and oxygen atoms in total. The summed E-state index contributed by atoms with van der Waals surface area (Å²) in [5, 5.41) is 4.18. The minimum atomic E-state index is -4.78. The van der Waals surface area contributed by atoms with Crippen molar-refractivity contribution in [3.63, 3.8) is 0 Å². The fraction of sp³-hybridized carbons (Fsp3) is 0.154. The van der Waals surface area contributed by atoms with E-state index in [2.05, 4.69) is 15.0 Å². The van der Waals surface area contributed by atoms with Gasteiger partial charge in [-0.15, -0.1) is 24.5 Å². The van der Waals surface area contributed by atoms with Crippen LogP contribution in [-0.2, 0) is 0 Å². The van der Waals surface area contributed by atoms with Gasteiger partial charge < -0.3 is 4.74 Å². The SMILES string of the molecule is CC(=O)c1csc(NC(=O)c2ccc(OC(F)(F)F)cc2)n1. The number of benzene rings is 1. The molecule has 0 bridgehead atoms. The number of carbonyl (C=O) groups excluding carboxylic acids is 2. The van der Waals surface area contributed by atoms with Crippen molar-refractivity contribution in [2.24, 2.45) is 0 Å². The maximum absolute atomic E-state index is 12.0. The van der Waals surface area contributed by atoms with E-state index < -0.39 is 18.0 Å². The third kappa shape index (κ3) is 4.29. The van der Waals surface area contributed by atoms with Gasteiger partial charge in [-0.2, -0.15) is 0 Å². The molecule has 0 atom stereocenters. The van der Waals surface area contributed by atoms with Crippen molar-refractivity contribution in [3.8, 4) is 5.75 Å². The molecule has 0 fully saturated rings. The maximum atomic E-state index is 12.0. The monoisotopic (exact) mass is 330 g/mol. The molecule has 0 aliphatic carbocycles. The van der Waals surface area contributed by atoms with Gasteiger partial charge in [0.15, 0.2) is 10.9 Å². The first kappa shape index (κ1) is 16.0. The number of thiazole rings is 1. The average Bonchev–Trinajstić information content (AvgIpc) is 2.86. The van der Waals surface area contributed by atoms with Crippen LogP contribution in [0.15, 0.2) is 29.6 Å². The number of aromatic nitrogens is 1. The first-order chi connectivity index (χ1) is 10.2. The summed E-state index contributed by atoms with van der Waals surface area (Å²) in [4.78, 5) is 26.9. The van der Waals surface area contributed by atoms with E-state index in [4.69, 9.17) is 0 Å². The number of alkyl halides is 3. The lowest BCUT2D eigenvalue weighted by molar-refractivity contribution is -0.274. The van der Waals surface area contributed by atoms with Crippen molar-refractivity contribution in [1.29, 1.82) is 0 Å². The van der Waals surface area contributed by atoms with Crippen LogP contribution >= 0.6 is 11.3 Å². The summed E-state index contributed by atoms with van der Waals surface area (Å²) in [5.41, 5.74) is 0.364. The molecule has 116 valence electrons. The second-order valence-corrected chi connectivity index (χ2v) is 4.98. The number of carbonyl (C=O) groups is 2. The Balaban J connectivity index is 2.04. The summed E-state index contributed by atoms with van der Waals surface area (Å²) in [6, 6.07) is 4.45. The molecular weight excluding hydrogens is 321 g/mol. The van der Waals surface area contributed by atoms with Gasteiger partial charge in [-0.3, -0.25) is 14.9 Å². The Morgan fingerprint density at radius 3 is 2.36 bits per heavy atom. The Bertz CT molecular complexity index is 695. The van der Waals surface area contributed by atoms with Crippen molar-refractivity contribution < 1.29 is 27.5 Å². The van der Waals surface area contributed by atoms with Gasteiger partial charge in [0.05, 0.1) is 0 Å². The van der Waals surface area contributed by atoms with Gasteiger partial charge in [-0.1, -0.05) is 0 Å². The van der Waals surface area contributed by atoms with E-state index in [1.54, 1.807) is 0 Å². The van der Waals surface area contributed by atoms with Crippen molar-refractivity contribution >= 4 is 28.2 Å². The molecule has 22 heavy (non-hydrogen) atoms. The van der Waals surface area contributed by atoms with Gasteiger partial charge in [0.2, 0.25) is 0 Å². The van der Waals surface area contributed by atoms with Crippen molar-refractivity contribution in [1.82, 2.24) is 4.98 Å². The molecule has 0 saturated heterocycles. The van der Waals surface area contributed by atoms with Crippen LogP contribution in [0.3, 0.4) is 0 Å². The fourth-order valence-corrected chi connectivity index (χ4v) is 2.21. The molecule has 0 unspecified atom stereocenters. The molecule has 0 aliphatic rings. The minimum absolute atomic E-state index is 0.133. The third-order valence-corrected chi connectivity index (χ3v) is 3.19. The zero-order valence-corrected chi connectivity index (χ0v) is 11.9. The number of ketones is 1. The number of amides is 1. The molecule has 9 heteroatoms. The van der Waals surface area contributed by atoms with E-state index in [1.807, 2.05) is 0 Å². The Hall–Kier alpha value is -2.42. The van der Waals surface area contributed by atoms with Gasteiger partial charge in [-0.25, -0.2) is 4.98 Å². The van der Waals surface area contributed by atoms with E-state index in [0.717, 1.165) is 23.5 Å². The maximum Gasteiger partial charge on any atom is 0.573 e. The van der Waals surface area contributed by atoms with Crippen LogP contribution in [0, 0.1) is 0 Å². The second kappa shape index (κ2) is 6.14. The molecular formula is C13H9F3N2O3S. The number of halogens is 3. The number of Topliss-reactive ketones (excluding diaryl/α,β-unsaturated/α-hetero) is 1. The molecule has 0 radical (unpaired) electrons. The topological polar surface area (TPSA) is 68.3 Å². The van der Waals surface area contributed by atoms with Crippen LogP contribution in [0.2, 0.25) is 0 Å². The fourth-order valence-electron chi connectivity index (χ4n) is 1.47. The van der Waals surface area contributed by atoms with E-state index in [1.165, 1.54) is 24.4 Å². The molecule has 1 heterocycles. The average molecular weight is 330 g/mol. The highest BCUT2D eigenvalue weighted by molar-refractivity contribution is 7.14. The minimum Gasteiger partial charge on any atom is -0.406 e. The Labute approximate surface area is 126 Å². The standard InChI is InChI=1S/C13H9F3N2O3S/c1-7(19)10-6-22-12(17-10)18-11(20)8-2-4-9(5-3-8)21-13(14,15)16/h2-6H,1H3,(H,17,18,20). The van der Waals surface area contributed by atoms with Gasteiger partial charge in [0.1, 0.15) is 11.4 Å². The number of rotatable bonds is 4. The third-order valence-electron chi connectivity index (χ3n) is 2.44. The number of nitrogens with one attached hydrogen (secondary N) is 1. The van der Waals surface area contributed by atoms with Gasteiger partial charge in [0, 0.05) is 17.9 Å². The smallest absolute Gasteiger partial charge is 0.406 e. The number of hydrogen-bond donors (Lipinski definition) is 1. The Morgan fingerprint density at radius 1 is 1.23 bits per heavy atom. The Kier molecular flexibility index (Phi) is 4.45. The van der Waals surface area contributed by atoms with E-state index in [-0.39, 0.29) is 22.2 Å². The van der Waals surface area contributed by atoms with Crippen LogP contribution in [0.25, 0.3) is 0 Å². The lowest BCUT2D eigenvalue weighted by atomic mass is 10.2. The molecule has 1 amide bonds. The van der Waals surface area contributed by atoms with Crippen LogP contribution < -0.4 is 10.1 Å². The normalized spacial score (nSPS) is 11.1. The largest absolute Gasteiger partial charge is 0.573 e. The summed E-state index contributed by atoms with van der Waals surface area (Å²) in [6.45, 7) is 1.35. The summed E-state index contributed by atoms with van der Waals surface area (Å²) < 4.78 is 39.8. The van der Waals surface area contributed by atoms with Crippen molar-refractivity contribution in [2.45, 2.75) is 13.3 Å².